The maximum absolute atomic E-state index is 12.9. The molecule has 1 atom stereocenters. The molecule has 1 aliphatic heterocycles. The van der Waals surface area contributed by atoms with Crippen molar-refractivity contribution in [2.45, 2.75) is 31.0 Å². The van der Waals surface area contributed by atoms with Gasteiger partial charge in [-0.05, 0) is 50.2 Å². The zero-order valence-electron chi connectivity index (χ0n) is 16.1. The molecule has 162 valence electrons. The average molecular weight is 462 g/mol. The minimum Gasteiger partial charge on any atom is -0.333 e. The van der Waals surface area contributed by atoms with E-state index in [0.717, 1.165) is 24.3 Å². The summed E-state index contributed by atoms with van der Waals surface area (Å²) in [5.74, 6) is -0.282. The predicted octanol–water partition coefficient (Wildman–Crippen LogP) is 3.60. The Labute approximate surface area is 177 Å². The Morgan fingerprint density at radius 3 is 2.30 bits per heavy atom. The summed E-state index contributed by atoms with van der Waals surface area (Å²) >= 11 is 5.83. The van der Waals surface area contributed by atoms with Gasteiger partial charge in [0.2, 0.25) is 10.0 Å². The van der Waals surface area contributed by atoms with Crippen LogP contribution >= 0.6 is 11.6 Å². The monoisotopic (exact) mass is 461 g/mol. The van der Waals surface area contributed by atoms with E-state index < -0.39 is 27.8 Å². The molecule has 2 aromatic rings. The number of pyridine rings is 1. The van der Waals surface area contributed by atoms with E-state index in [-0.39, 0.29) is 35.6 Å². The normalized spacial score (nSPS) is 18.5. The summed E-state index contributed by atoms with van der Waals surface area (Å²) in [5, 5.41) is 0.268. The lowest BCUT2D eigenvalue weighted by Gasteiger charge is -2.39. The number of aromatic nitrogens is 1. The average Bonchev–Trinajstić information content (AvgIpc) is 2.67. The van der Waals surface area contributed by atoms with Crippen molar-refractivity contribution in [2.24, 2.45) is 0 Å². The maximum atomic E-state index is 12.9. The minimum absolute atomic E-state index is 0.0230. The summed E-state index contributed by atoms with van der Waals surface area (Å²) in [4.78, 5) is 18.3. The van der Waals surface area contributed by atoms with Crippen LogP contribution in [-0.2, 0) is 16.2 Å². The molecule has 1 saturated heterocycles. The molecule has 0 radical (unpaired) electrons. The quantitative estimate of drug-likeness (QED) is 0.655. The van der Waals surface area contributed by atoms with Crippen LogP contribution in [0.3, 0.4) is 0 Å². The molecule has 0 spiro atoms. The van der Waals surface area contributed by atoms with Gasteiger partial charge in [0, 0.05) is 25.7 Å². The van der Waals surface area contributed by atoms with Crippen molar-refractivity contribution in [2.75, 3.05) is 19.6 Å². The van der Waals surface area contributed by atoms with E-state index in [1.54, 1.807) is 24.8 Å². The second-order valence-corrected chi connectivity index (χ2v) is 9.32. The maximum Gasteiger partial charge on any atom is 0.416 e. The minimum atomic E-state index is -4.54. The summed E-state index contributed by atoms with van der Waals surface area (Å²) in [5.41, 5.74) is -0.0676. The molecule has 1 aliphatic rings. The van der Waals surface area contributed by atoms with Crippen molar-refractivity contribution < 1.29 is 26.4 Å². The van der Waals surface area contributed by atoms with Crippen molar-refractivity contribution in [1.29, 1.82) is 0 Å². The number of piperazine rings is 1. The van der Waals surface area contributed by atoms with Gasteiger partial charge in [-0.2, -0.15) is 17.5 Å². The molecular weight excluding hydrogens is 443 g/mol. The number of carbonyl (C=O) groups excluding carboxylic acids is 1. The Morgan fingerprint density at radius 2 is 1.77 bits per heavy atom. The first kappa shape index (κ1) is 22.5. The van der Waals surface area contributed by atoms with E-state index in [1.165, 1.54) is 10.4 Å². The SMILES string of the molecule is Cc1nc(Cl)ccc1C(=O)N1CCN(S(=O)(=O)c2ccc(C(F)(F)F)cc2)C[C@@H]1C. The Hall–Kier alpha value is -2.17. The standard InChI is InChI=1S/C19H19ClF3N3O3S/c1-12-11-25(30(28,29)15-5-3-14(4-6-15)19(21,22)23)9-10-26(12)18(27)16-7-8-17(20)24-13(16)2/h3-8,12H,9-11H2,1-2H3/t12-/m0/s1. The molecule has 1 amide bonds. The van der Waals surface area contributed by atoms with Gasteiger partial charge in [-0.1, -0.05) is 11.6 Å². The molecule has 11 heteroatoms. The van der Waals surface area contributed by atoms with Gasteiger partial charge in [-0.15, -0.1) is 0 Å². The molecule has 1 aromatic heterocycles. The lowest BCUT2D eigenvalue weighted by molar-refractivity contribution is -0.137. The molecule has 0 aliphatic carbocycles. The molecule has 1 fully saturated rings. The number of halogens is 4. The lowest BCUT2D eigenvalue weighted by atomic mass is 10.1. The van der Waals surface area contributed by atoms with Crippen molar-refractivity contribution in [3.05, 3.63) is 58.4 Å². The van der Waals surface area contributed by atoms with Crippen LogP contribution in [0.2, 0.25) is 5.15 Å². The van der Waals surface area contributed by atoms with E-state index in [4.69, 9.17) is 11.6 Å². The third-order valence-corrected chi connectivity index (χ3v) is 7.04. The Bertz CT molecular complexity index is 1060. The first-order valence-electron chi connectivity index (χ1n) is 9.03. The molecule has 0 unspecified atom stereocenters. The van der Waals surface area contributed by atoms with E-state index in [9.17, 15) is 26.4 Å². The summed E-state index contributed by atoms with van der Waals surface area (Å²) in [7, 11) is -3.99. The highest BCUT2D eigenvalue weighted by atomic mass is 35.5. The Kier molecular flexibility index (Phi) is 6.13. The number of hydrogen-bond donors (Lipinski definition) is 0. The Balaban J connectivity index is 1.76. The van der Waals surface area contributed by atoms with Crippen molar-refractivity contribution in [3.8, 4) is 0 Å². The third kappa shape index (κ3) is 4.45. The highest BCUT2D eigenvalue weighted by Crippen LogP contribution is 2.30. The molecule has 1 aromatic carbocycles. The number of benzene rings is 1. The van der Waals surface area contributed by atoms with Crippen LogP contribution in [0, 0.1) is 6.92 Å². The van der Waals surface area contributed by atoms with Gasteiger partial charge < -0.3 is 4.90 Å². The summed E-state index contributed by atoms with van der Waals surface area (Å²) in [6, 6.07) is 6.03. The van der Waals surface area contributed by atoms with E-state index >= 15 is 0 Å². The highest BCUT2D eigenvalue weighted by molar-refractivity contribution is 7.89. The zero-order valence-corrected chi connectivity index (χ0v) is 17.7. The van der Waals surface area contributed by atoms with Gasteiger partial charge in [0.15, 0.2) is 0 Å². The molecule has 6 nitrogen and oxygen atoms in total. The topological polar surface area (TPSA) is 70.6 Å². The number of hydrogen-bond acceptors (Lipinski definition) is 4. The third-order valence-electron chi connectivity index (χ3n) is 4.95. The van der Waals surface area contributed by atoms with E-state index in [2.05, 4.69) is 4.98 Å². The molecule has 0 bridgehead atoms. The van der Waals surface area contributed by atoms with Crippen molar-refractivity contribution in [3.63, 3.8) is 0 Å². The van der Waals surface area contributed by atoms with Crippen LogP contribution < -0.4 is 0 Å². The summed E-state index contributed by atoms with van der Waals surface area (Å²) in [6.45, 7) is 3.57. The van der Waals surface area contributed by atoms with Crippen molar-refractivity contribution >= 4 is 27.5 Å². The van der Waals surface area contributed by atoms with Crippen LogP contribution in [0.1, 0.15) is 28.5 Å². The molecule has 3 rings (SSSR count). The second kappa shape index (κ2) is 8.16. The smallest absolute Gasteiger partial charge is 0.333 e. The fourth-order valence-electron chi connectivity index (χ4n) is 3.32. The number of alkyl halides is 3. The van der Waals surface area contributed by atoms with Crippen LogP contribution in [0.25, 0.3) is 0 Å². The number of sulfonamides is 1. The number of amides is 1. The Morgan fingerprint density at radius 1 is 1.13 bits per heavy atom. The lowest BCUT2D eigenvalue weighted by Crippen LogP contribution is -2.55. The number of carbonyl (C=O) groups is 1. The van der Waals surface area contributed by atoms with Crippen LogP contribution in [0.15, 0.2) is 41.3 Å². The first-order chi connectivity index (χ1) is 13.9. The molecule has 0 N–H and O–H groups in total. The molecular formula is C19H19ClF3N3O3S. The van der Waals surface area contributed by atoms with Crippen LogP contribution in [-0.4, -0.2) is 54.2 Å². The fraction of sp³-hybridized carbons (Fsp3) is 0.368. The fourth-order valence-corrected chi connectivity index (χ4v) is 5.02. The first-order valence-corrected chi connectivity index (χ1v) is 10.8. The van der Waals surface area contributed by atoms with Crippen LogP contribution in [0.5, 0.6) is 0 Å². The number of rotatable bonds is 3. The van der Waals surface area contributed by atoms with Crippen LogP contribution in [0.4, 0.5) is 13.2 Å². The predicted molar refractivity (Wildman–Crippen MR) is 105 cm³/mol. The van der Waals surface area contributed by atoms with E-state index in [1.807, 2.05) is 0 Å². The number of aryl methyl sites for hydroxylation is 1. The van der Waals surface area contributed by atoms with Gasteiger partial charge in [-0.25, -0.2) is 13.4 Å². The zero-order chi connectivity index (χ0) is 22.3. The summed E-state index contributed by atoms with van der Waals surface area (Å²) < 4.78 is 65.0. The highest BCUT2D eigenvalue weighted by Gasteiger charge is 2.36. The second-order valence-electron chi connectivity index (χ2n) is 7.00. The molecule has 2 heterocycles. The van der Waals surface area contributed by atoms with Gasteiger partial charge in [-0.3, -0.25) is 4.79 Å². The summed E-state index contributed by atoms with van der Waals surface area (Å²) in [6.07, 6.45) is -4.54. The number of nitrogens with zero attached hydrogens (tertiary/aromatic N) is 3. The van der Waals surface area contributed by atoms with Gasteiger partial charge in [0.1, 0.15) is 5.15 Å². The largest absolute Gasteiger partial charge is 0.416 e. The van der Waals surface area contributed by atoms with Gasteiger partial charge in [0.05, 0.1) is 21.7 Å². The molecule has 30 heavy (non-hydrogen) atoms. The van der Waals surface area contributed by atoms with E-state index in [0.29, 0.717) is 11.3 Å². The molecule has 0 saturated carbocycles. The van der Waals surface area contributed by atoms with Crippen molar-refractivity contribution in [1.82, 2.24) is 14.2 Å². The van der Waals surface area contributed by atoms with Gasteiger partial charge in [0.25, 0.3) is 5.91 Å². The van der Waals surface area contributed by atoms with Gasteiger partial charge >= 0.3 is 6.18 Å².